The van der Waals surface area contributed by atoms with Crippen molar-refractivity contribution in [2.24, 2.45) is 0 Å². The minimum Gasteiger partial charge on any atom is -0.492 e. The van der Waals surface area contributed by atoms with Crippen molar-refractivity contribution in [2.45, 2.75) is 6.61 Å². The van der Waals surface area contributed by atoms with Crippen LogP contribution in [0.15, 0.2) is 48.5 Å². The first kappa shape index (κ1) is 17.7. The minimum absolute atomic E-state index is 0.0770. The fourth-order valence-corrected chi connectivity index (χ4v) is 1.96. The molecule has 128 valence electrons. The Balaban J connectivity index is 1.88. The number of benzene rings is 2. The van der Waals surface area contributed by atoms with Crippen LogP contribution >= 0.6 is 0 Å². The first-order chi connectivity index (χ1) is 11.5. The Morgan fingerprint density at radius 3 is 2.50 bits per heavy atom. The van der Waals surface area contributed by atoms with Crippen LogP contribution in [-0.2, 0) is 0 Å². The zero-order valence-electron chi connectivity index (χ0n) is 12.9. The Hall–Kier alpha value is -2.70. The van der Waals surface area contributed by atoms with Crippen molar-refractivity contribution in [1.82, 2.24) is 4.90 Å². The average Bonchev–Trinajstić information content (AvgIpc) is 2.55. The Labute approximate surface area is 137 Å². The maximum Gasteiger partial charge on any atom is 0.387 e. The third-order valence-electron chi connectivity index (χ3n) is 3.16. The molecule has 0 unspecified atom stereocenters. The molecule has 1 amide bonds. The van der Waals surface area contributed by atoms with Crippen molar-refractivity contribution in [2.75, 3.05) is 20.2 Å². The predicted molar refractivity (Wildman–Crippen MR) is 81.9 cm³/mol. The van der Waals surface area contributed by atoms with Crippen molar-refractivity contribution in [1.29, 1.82) is 0 Å². The van der Waals surface area contributed by atoms with Gasteiger partial charge in [-0.15, -0.1) is 0 Å². The highest BCUT2D eigenvalue weighted by Crippen LogP contribution is 2.17. The van der Waals surface area contributed by atoms with Gasteiger partial charge >= 0.3 is 6.61 Å². The molecule has 0 heterocycles. The highest BCUT2D eigenvalue weighted by atomic mass is 19.3. The molecule has 0 saturated carbocycles. The van der Waals surface area contributed by atoms with E-state index in [4.69, 9.17) is 4.74 Å². The smallest absolute Gasteiger partial charge is 0.387 e. The highest BCUT2D eigenvalue weighted by molar-refractivity contribution is 5.94. The van der Waals surface area contributed by atoms with Gasteiger partial charge in [0, 0.05) is 12.6 Å². The van der Waals surface area contributed by atoms with Crippen LogP contribution in [0.4, 0.5) is 13.2 Å². The Morgan fingerprint density at radius 2 is 1.83 bits per heavy atom. The summed E-state index contributed by atoms with van der Waals surface area (Å²) in [6.07, 6.45) is 0. The van der Waals surface area contributed by atoms with Crippen molar-refractivity contribution >= 4 is 5.91 Å². The molecule has 0 saturated heterocycles. The number of halogens is 3. The van der Waals surface area contributed by atoms with Gasteiger partial charge in [0.25, 0.3) is 5.91 Å². The molecule has 0 N–H and O–H groups in total. The van der Waals surface area contributed by atoms with E-state index in [-0.39, 0.29) is 36.2 Å². The molecule has 7 heteroatoms. The molecule has 0 aliphatic carbocycles. The monoisotopic (exact) mass is 339 g/mol. The molecule has 0 radical (unpaired) electrons. The molecule has 0 fully saturated rings. The van der Waals surface area contributed by atoms with Gasteiger partial charge in [-0.3, -0.25) is 4.79 Å². The van der Waals surface area contributed by atoms with Crippen LogP contribution in [0.3, 0.4) is 0 Å². The van der Waals surface area contributed by atoms with E-state index >= 15 is 0 Å². The number of hydrogen-bond acceptors (Lipinski definition) is 3. The standard InChI is InChI=1S/C17H16F3NO3/c1-21(9-10-23-14-7-5-13(18)6-8-14)16(22)12-3-2-4-15(11-12)24-17(19)20/h2-8,11,17H,9-10H2,1H3. The summed E-state index contributed by atoms with van der Waals surface area (Å²) in [6, 6.07) is 11.1. The summed E-state index contributed by atoms with van der Waals surface area (Å²) in [5.41, 5.74) is 0.234. The summed E-state index contributed by atoms with van der Waals surface area (Å²) in [5.74, 6) is -0.297. The Bertz CT molecular complexity index is 677. The minimum atomic E-state index is -2.95. The van der Waals surface area contributed by atoms with Crippen molar-refractivity contribution < 1.29 is 27.4 Å². The van der Waals surface area contributed by atoms with E-state index in [0.29, 0.717) is 5.75 Å². The van der Waals surface area contributed by atoms with E-state index < -0.39 is 6.61 Å². The summed E-state index contributed by atoms with van der Waals surface area (Å²) in [5, 5.41) is 0. The van der Waals surface area contributed by atoms with Gasteiger partial charge in [-0.25, -0.2) is 4.39 Å². The highest BCUT2D eigenvalue weighted by Gasteiger charge is 2.13. The van der Waals surface area contributed by atoms with Gasteiger partial charge in [-0.05, 0) is 42.5 Å². The van der Waals surface area contributed by atoms with E-state index in [0.717, 1.165) is 0 Å². The molecule has 2 aromatic carbocycles. The fraction of sp³-hybridized carbons (Fsp3) is 0.235. The number of amides is 1. The van der Waals surface area contributed by atoms with E-state index in [1.807, 2.05) is 0 Å². The molecular weight excluding hydrogens is 323 g/mol. The molecule has 24 heavy (non-hydrogen) atoms. The number of nitrogens with zero attached hydrogens (tertiary/aromatic N) is 1. The first-order valence-corrected chi connectivity index (χ1v) is 7.14. The Kier molecular flexibility index (Phi) is 6.06. The lowest BCUT2D eigenvalue weighted by Crippen LogP contribution is -2.30. The maximum atomic E-state index is 12.8. The van der Waals surface area contributed by atoms with Crippen LogP contribution < -0.4 is 9.47 Å². The summed E-state index contributed by atoms with van der Waals surface area (Å²) in [6.45, 7) is -2.46. The summed E-state index contributed by atoms with van der Waals surface area (Å²) >= 11 is 0. The zero-order chi connectivity index (χ0) is 17.5. The second kappa shape index (κ2) is 8.24. The molecule has 2 aromatic rings. The maximum absolute atomic E-state index is 12.8. The van der Waals surface area contributed by atoms with Crippen LogP contribution in [-0.4, -0.2) is 37.6 Å². The molecule has 0 spiro atoms. The predicted octanol–water partition coefficient (Wildman–Crippen LogP) is 3.58. The van der Waals surface area contributed by atoms with Crippen LogP contribution in [0.2, 0.25) is 0 Å². The zero-order valence-corrected chi connectivity index (χ0v) is 12.9. The van der Waals surface area contributed by atoms with Gasteiger partial charge in [-0.2, -0.15) is 8.78 Å². The van der Waals surface area contributed by atoms with Crippen LogP contribution in [0.5, 0.6) is 11.5 Å². The first-order valence-electron chi connectivity index (χ1n) is 7.14. The molecule has 0 aromatic heterocycles. The molecule has 0 bridgehead atoms. The van der Waals surface area contributed by atoms with Crippen molar-refractivity contribution in [3.05, 3.63) is 59.9 Å². The molecule has 0 aliphatic heterocycles. The number of likely N-dealkylation sites (N-methyl/N-ethyl adjacent to an activating group) is 1. The fourth-order valence-electron chi connectivity index (χ4n) is 1.96. The van der Waals surface area contributed by atoms with Crippen molar-refractivity contribution in [3.63, 3.8) is 0 Å². The average molecular weight is 339 g/mol. The molecule has 0 atom stereocenters. The SMILES string of the molecule is CN(CCOc1ccc(F)cc1)C(=O)c1cccc(OC(F)F)c1. The van der Waals surface area contributed by atoms with E-state index in [1.165, 1.54) is 53.4 Å². The second-order valence-electron chi connectivity index (χ2n) is 4.94. The summed E-state index contributed by atoms with van der Waals surface area (Å²) in [7, 11) is 1.57. The van der Waals surface area contributed by atoms with E-state index in [2.05, 4.69) is 4.74 Å². The van der Waals surface area contributed by atoms with Gasteiger partial charge in [0.2, 0.25) is 0 Å². The van der Waals surface area contributed by atoms with E-state index in [1.54, 1.807) is 7.05 Å². The third kappa shape index (κ3) is 5.19. The molecule has 0 aliphatic rings. The van der Waals surface area contributed by atoms with Crippen molar-refractivity contribution in [3.8, 4) is 11.5 Å². The third-order valence-corrected chi connectivity index (χ3v) is 3.16. The van der Waals surface area contributed by atoms with Crippen LogP contribution in [0.1, 0.15) is 10.4 Å². The lowest BCUT2D eigenvalue weighted by atomic mass is 10.2. The normalized spacial score (nSPS) is 10.5. The van der Waals surface area contributed by atoms with Gasteiger partial charge in [0.15, 0.2) is 0 Å². The number of rotatable bonds is 7. The number of ether oxygens (including phenoxy) is 2. The quantitative estimate of drug-likeness (QED) is 0.774. The number of alkyl halides is 2. The molecule has 4 nitrogen and oxygen atoms in total. The van der Waals surface area contributed by atoms with Crippen LogP contribution in [0, 0.1) is 5.82 Å². The number of carbonyl (C=O) groups is 1. The summed E-state index contributed by atoms with van der Waals surface area (Å²) < 4.78 is 46.9. The Morgan fingerprint density at radius 1 is 1.12 bits per heavy atom. The summed E-state index contributed by atoms with van der Waals surface area (Å²) in [4.78, 5) is 13.6. The van der Waals surface area contributed by atoms with E-state index in [9.17, 15) is 18.0 Å². The lowest BCUT2D eigenvalue weighted by Gasteiger charge is -2.18. The molecule has 2 rings (SSSR count). The topological polar surface area (TPSA) is 38.8 Å². The largest absolute Gasteiger partial charge is 0.492 e. The van der Waals surface area contributed by atoms with Gasteiger partial charge in [-0.1, -0.05) is 6.07 Å². The second-order valence-corrected chi connectivity index (χ2v) is 4.94. The van der Waals surface area contributed by atoms with Gasteiger partial charge < -0.3 is 14.4 Å². The number of carbonyl (C=O) groups excluding carboxylic acids is 1. The van der Waals surface area contributed by atoms with Gasteiger partial charge in [0.05, 0.1) is 6.54 Å². The molecular formula is C17H16F3NO3. The number of hydrogen-bond donors (Lipinski definition) is 0. The van der Waals surface area contributed by atoms with Gasteiger partial charge in [0.1, 0.15) is 23.9 Å². The van der Waals surface area contributed by atoms with Crippen LogP contribution in [0.25, 0.3) is 0 Å². The lowest BCUT2D eigenvalue weighted by molar-refractivity contribution is -0.0499.